The summed E-state index contributed by atoms with van der Waals surface area (Å²) < 4.78 is 2.22. The van der Waals surface area contributed by atoms with E-state index in [1.165, 1.54) is 5.56 Å². The molecule has 0 fully saturated rings. The fourth-order valence-electron chi connectivity index (χ4n) is 3.12. The highest BCUT2D eigenvalue weighted by Gasteiger charge is 2.07. The molecule has 1 heterocycles. The number of para-hydroxylation sites is 1. The Labute approximate surface area is 157 Å². The summed E-state index contributed by atoms with van der Waals surface area (Å²) in [6.45, 7) is 0.794. The van der Waals surface area contributed by atoms with Gasteiger partial charge < -0.3 is 9.67 Å². The van der Waals surface area contributed by atoms with Crippen LogP contribution in [-0.4, -0.2) is 21.9 Å². The summed E-state index contributed by atoms with van der Waals surface area (Å²) in [4.78, 5) is 15.5. The van der Waals surface area contributed by atoms with E-state index in [0.717, 1.165) is 28.7 Å². The molecule has 0 aliphatic carbocycles. The van der Waals surface area contributed by atoms with E-state index < -0.39 is 5.97 Å². The smallest absolute Gasteiger partial charge is 0.335 e. The second-order valence-corrected chi connectivity index (χ2v) is 6.33. The zero-order valence-corrected chi connectivity index (χ0v) is 14.6. The summed E-state index contributed by atoms with van der Waals surface area (Å²) in [6.07, 6.45) is 3.94. The van der Waals surface area contributed by atoms with Gasteiger partial charge in [-0.25, -0.2) is 4.79 Å². The minimum absolute atomic E-state index is 0.258. The van der Waals surface area contributed by atoms with Crippen molar-refractivity contribution in [1.29, 1.82) is 0 Å². The van der Waals surface area contributed by atoms with E-state index in [1.54, 1.807) is 24.3 Å². The summed E-state index contributed by atoms with van der Waals surface area (Å²) >= 11 is 0. The molecule has 1 N–H and O–H groups in total. The van der Waals surface area contributed by atoms with Gasteiger partial charge in [0.1, 0.15) is 0 Å². The topological polar surface area (TPSA) is 54.6 Å². The molecule has 27 heavy (non-hydrogen) atoms. The third-order valence-electron chi connectivity index (χ3n) is 4.48. The van der Waals surface area contributed by atoms with Crippen LogP contribution < -0.4 is 0 Å². The third-order valence-corrected chi connectivity index (χ3v) is 4.48. The highest BCUT2D eigenvalue weighted by atomic mass is 16.4. The summed E-state index contributed by atoms with van der Waals surface area (Å²) in [5.41, 5.74) is 4.41. The van der Waals surface area contributed by atoms with Crippen LogP contribution in [0.25, 0.3) is 10.9 Å². The number of carboxylic acids is 1. The highest BCUT2D eigenvalue weighted by molar-refractivity contribution is 6.00. The maximum atomic E-state index is 10.9. The molecule has 1 aromatic heterocycles. The van der Waals surface area contributed by atoms with Crippen molar-refractivity contribution in [2.24, 2.45) is 4.99 Å². The van der Waals surface area contributed by atoms with E-state index in [0.29, 0.717) is 0 Å². The number of benzene rings is 3. The predicted octanol–water partition coefficient (Wildman–Crippen LogP) is 5.14. The first kappa shape index (κ1) is 16.8. The molecule has 0 saturated carbocycles. The van der Waals surface area contributed by atoms with Gasteiger partial charge in [0.15, 0.2) is 0 Å². The first-order chi connectivity index (χ1) is 13.2. The van der Waals surface area contributed by atoms with Crippen molar-refractivity contribution < 1.29 is 9.90 Å². The number of aliphatic imine (C=N–C) groups is 1. The summed E-state index contributed by atoms with van der Waals surface area (Å²) in [7, 11) is 0. The van der Waals surface area contributed by atoms with E-state index in [2.05, 4.69) is 40.0 Å². The first-order valence-electron chi connectivity index (χ1n) is 8.70. The normalized spacial score (nSPS) is 11.3. The maximum absolute atomic E-state index is 10.9. The van der Waals surface area contributed by atoms with Gasteiger partial charge in [0, 0.05) is 35.4 Å². The van der Waals surface area contributed by atoms with Gasteiger partial charge in [-0.1, -0.05) is 48.5 Å². The molecule has 4 heteroatoms. The summed E-state index contributed by atoms with van der Waals surface area (Å²) in [6, 6.07) is 25.2. The molecular weight excluding hydrogens is 336 g/mol. The molecule has 0 aliphatic rings. The SMILES string of the molecule is O=C(O)c1ccc(N=Cc2cn(Cc3ccccc3)c3ccccc23)cc1. The molecule has 0 unspecified atom stereocenters. The van der Waals surface area contributed by atoms with Crippen LogP contribution in [0.3, 0.4) is 0 Å². The largest absolute Gasteiger partial charge is 0.478 e. The van der Waals surface area contributed by atoms with Crippen LogP contribution in [-0.2, 0) is 6.54 Å². The Balaban J connectivity index is 1.66. The molecule has 0 spiro atoms. The van der Waals surface area contributed by atoms with Gasteiger partial charge in [-0.2, -0.15) is 0 Å². The van der Waals surface area contributed by atoms with Gasteiger partial charge in [-0.05, 0) is 35.9 Å². The molecule has 132 valence electrons. The Morgan fingerprint density at radius 1 is 0.926 bits per heavy atom. The average molecular weight is 354 g/mol. The number of hydrogen-bond acceptors (Lipinski definition) is 2. The van der Waals surface area contributed by atoms with E-state index in [1.807, 2.05) is 36.5 Å². The number of aromatic carboxylic acids is 1. The van der Waals surface area contributed by atoms with Gasteiger partial charge >= 0.3 is 5.97 Å². The van der Waals surface area contributed by atoms with Gasteiger partial charge in [0.05, 0.1) is 11.3 Å². The standard InChI is InChI=1S/C23H18N2O2/c26-23(27)18-10-12-20(13-11-18)24-14-19-16-25(15-17-6-2-1-3-7-17)22-9-5-4-8-21(19)22/h1-14,16H,15H2,(H,26,27). The zero-order valence-electron chi connectivity index (χ0n) is 14.6. The molecule has 0 radical (unpaired) electrons. The van der Waals surface area contributed by atoms with Gasteiger partial charge in [0.25, 0.3) is 0 Å². The lowest BCUT2D eigenvalue weighted by atomic mass is 10.2. The van der Waals surface area contributed by atoms with Crippen molar-refractivity contribution in [3.63, 3.8) is 0 Å². The second kappa shape index (κ2) is 7.30. The molecule has 0 bridgehead atoms. The number of aromatic nitrogens is 1. The van der Waals surface area contributed by atoms with Crippen molar-refractivity contribution in [2.45, 2.75) is 6.54 Å². The van der Waals surface area contributed by atoms with Crippen LogP contribution in [0.1, 0.15) is 21.5 Å². The average Bonchev–Trinajstić information content (AvgIpc) is 3.05. The number of nitrogens with zero attached hydrogens (tertiary/aromatic N) is 2. The fraction of sp³-hybridized carbons (Fsp3) is 0.0435. The Morgan fingerprint density at radius 2 is 1.63 bits per heavy atom. The molecule has 4 aromatic rings. The quantitative estimate of drug-likeness (QED) is 0.505. The Morgan fingerprint density at radius 3 is 2.37 bits per heavy atom. The molecule has 0 amide bonds. The molecule has 4 rings (SSSR count). The molecule has 0 atom stereocenters. The monoisotopic (exact) mass is 354 g/mol. The maximum Gasteiger partial charge on any atom is 0.335 e. The molecule has 3 aromatic carbocycles. The third kappa shape index (κ3) is 3.65. The zero-order chi connectivity index (χ0) is 18.6. The van der Waals surface area contributed by atoms with Crippen molar-refractivity contribution >= 4 is 28.8 Å². The van der Waals surface area contributed by atoms with Gasteiger partial charge in [-0.3, -0.25) is 4.99 Å². The van der Waals surface area contributed by atoms with Crippen LogP contribution >= 0.6 is 0 Å². The molecular formula is C23H18N2O2. The van der Waals surface area contributed by atoms with Gasteiger partial charge in [0.2, 0.25) is 0 Å². The number of carbonyl (C=O) groups is 1. The van der Waals surface area contributed by atoms with Crippen molar-refractivity contribution in [2.75, 3.05) is 0 Å². The van der Waals surface area contributed by atoms with Crippen molar-refractivity contribution in [1.82, 2.24) is 4.57 Å². The lowest BCUT2D eigenvalue weighted by molar-refractivity contribution is 0.0697. The minimum Gasteiger partial charge on any atom is -0.478 e. The van der Waals surface area contributed by atoms with Crippen molar-refractivity contribution in [3.8, 4) is 0 Å². The minimum atomic E-state index is -0.936. The molecule has 0 saturated heterocycles. The number of hydrogen-bond donors (Lipinski definition) is 1. The lowest BCUT2D eigenvalue weighted by Gasteiger charge is -2.05. The van der Waals surface area contributed by atoms with Crippen LogP contribution in [0, 0.1) is 0 Å². The lowest BCUT2D eigenvalue weighted by Crippen LogP contribution is -1.97. The molecule has 4 nitrogen and oxygen atoms in total. The van der Waals surface area contributed by atoms with E-state index >= 15 is 0 Å². The Kier molecular flexibility index (Phi) is 4.54. The highest BCUT2D eigenvalue weighted by Crippen LogP contribution is 2.22. The summed E-state index contributed by atoms with van der Waals surface area (Å²) in [5, 5.41) is 10.1. The Hall–Kier alpha value is -3.66. The van der Waals surface area contributed by atoms with Crippen LogP contribution in [0.2, 0.25) is 0 Å². The first-order valence-corrected chi connectivity index (χ1v) is 8.70. The predicted molar refractivity (Wildman–Crippen MR) is 108 cm³/mol. The number of rotatable bonds is 5. The number of fused-ring (bicyclic) bond motifs is 1. The van der Waals surface area contributed by atoms with E-state index in [-0.39, 0.29) is 5.56 Å². The second-order valence-electron chi connectivity index (χ2n) is 6.33. The van der Waals surface area contributed by atoms with Crippen LogP contribution in [0.15, 0.2) is 90.1 Å². The molecule has 0 aliphatic heterocycles. The van der Waals surface area contributed by atoms with E-state index in [9.17, 15) is 4.79 Å². The van der Waals surface area contributed by atoms with Crippen LogP contribution in [0.5, 0.6) is 0 Å². The van der Waals surface area contributed by atoms with Crippen LogP contribution in [0.4, 0.5) is 5.69 Å². The Bertz CT molecular complexity index is 1110. The summed E-state index contributed by atoms with van der Waals surface area (Å²) in [5.74, 6) is -0.936. The number of carboxylic acid groups (broad SMARTS) is 1. The van der Waals surface area contributed by atoms with E-state index in [4.69, 9.17) is 5.11 Å². The van der Waals surface area contributed by atoms with Gasteiger partial charge in [-0.15, -0.1) is 0 Å². The fourth-order valence-corrected chi connectivity index (χ4v) is 3.12. The van der Waals surface area contributed by atoms with Crippen molar-refractivity contribution in [3.05, 3.63) is 102 Å².